The summed E-state index contributed by atoms with van der Waals surface area (Å²) in [6, 6.07) is 0. The van der Waals surface area contributed by atoms with E-state index in [2.05, 4.69) is 60.3 Å². The van der Waals surface area contributed by atoms with E-state index in [-0.39, 0.29) is 16.9 Å². The topological polar surface area (TPSA) is 9.23 Å². The molecule has 0 saturated heterocycles. The van der Waals surface area contributed by atoms with Gasteiger partial charge in [0.15, 0.2) is 0 Å². The summed E-state index contributed by atoms with van der Waals surface area (Å²) in [4.78, 5) is 0. The van der Waals surface area contributed by atoms with Crippen molar-refractivity contribution in [2.45, 2.75) is 47.6 Å². The Bertz CT molecular complexity index is 369. The Morgan fingerprint density at radius 3 is 1.88 bits per heavy atom. The second kappa shape index (κ2) is 4.45. The average Bonchev–Trinajstić information content (AvgIpc) is 2.13. The van der Waals surface area contributed by atoms with Gasteiger partial charge in [-0.2, -0.15) is 0 Å². The van der Waals surface area contributed by atoms with Crippen molar-refractivity contribution >= 4 is 0 Å². The molecule has 0 aromatic heterocycles. The van der Waals surface area contributed by atoms with Gasteiger partial charge in [-0.25, -0.2) is 0 Å². The SMILES string of the molecule is C=C1C=C(C(C)(C)C)C=C(C(C)(C)C)C1OC. The zero-order valence-corrected chi connectivity index (χ0v) is 12.3. The van der Waals surface area contributed by atoms with Crippen LogP contribution in [-0.4, -0.2) is 13.2 Å². The second-order valence-corrected chi connectivity index (χ2v) is 6.89. The molecule has 0 N–H and O–H groups in total. The lowest BCUT2D eigenvalue weighted by atomic mass is 9.73. The first-order valence-corrected chi connectivity index (χ1v) is 6.23. The maximum atomic E-state index is 5.59. The lowest BCUT2D eigenvalue weighted by Gasteiger charge is -2.36. The second-order valence-electron chi connectivity index (χ2n) is 6.89. The summed E-state index contributed by atoms with van der Waals surface area (Å²) in [5, 5.41) is 0. The molecule has 1 nitrogen and oxygen atoms in total. The Balaban J connectivity index is 3.26. The van der Waals surface area contributed by atoms with Crippen LogP contribution in [0.5, 0.6) is 0 Å². The van der Waals surface area contributed by atoms with Crippen molar-refractivity contribution in [2.24, 2.45) is 10.8 Å². The van der Waals surface area contributed by atoms with Crippen molar-refractivity contribution in [1.82, 2.24) is 0 Å². The van der Waals surface area contributed by atoms with Crippen LogP contribution in [0.1, 0.15) is 41.5 Å². The number of ether oxygens (including phenoxy) is 1. The molecule has 1 aliphatic carbocycles. The maximum Gasteiger partial charge on any atom is 0.103 e. The largest absolute Gasteiger partial charge is 0.372 e. The minimum Gasteiger partial charge on any atom is -0.372 e. The predicted octanol–water partition coefficient (Wildman–Crippen LogP) is 4.52. The molecule has 0 saturated carbocycles. The van der Waals surface area contributed by atoms with E-state index in [4.69, 9.17) is 4.74 Å². The van der Waals surface area contributed by atoms with Crippen molar-refractivity contribution in [3.63, 3.8) is 0 Å². The summed E-state index contributed by atoms with van der Waals surface area (Å²) in [6.45, 7) is 17.5. The molecule has 1 atom stereocenters. The van der Waals surface area contributed by atoms with Crippen LogP contribution >= 0.6 is 0 Å². The van der Waals surface area contributed by atoms with Crippen molar-refractivity contribution in [2.75, 3.05) is 7.11 Å². The van der Waals surface area contributed by atoms with E-state index in [1.54, 1.807) is 7.11 Å². The summed E-state index contributed by atoms with van der Waals surface area (Å²) in [5.74, 6) is 0. The van der Waals surface area contributed by atoms with Gasteiger partial charge in [0.05, 0.1) is 0 Å². The molecule has 0 aromatic rings. The van der Waals surface area contributed by atoms with Gasteiger partial charge in [0.25, 0.3) is 0 Å². The van der Waals surface area contributed by atoms with E-state index in [9.17, 15) is 0 Å². The summed E-state index contributed by atoms with van der Waals surface area (Å²) in [6.07, 6.45) is 4.49. The zero-order chi connectivity index (χ0) is 13.4. The van der Waals surface area contributed by atoms with Crippen LogP contribution in [0.3, 0.4) is 0 Å². The van der Waals surface area contributed by atoms with Gasteiger partial charge in [-0.05, 0) is 27.5 Å². The van der Waals surface area contributed by atoms with Gasteiger partial charge in [-0.15, -0.1) is 0 Å². The highest BCUT2D eigenvalue weighted by Crippen LogP contribution is 2.40. The normalized spacial score (nSPS) is 22.3. The molecule has 17 heavy (non-hydrogen) atoms. The van der Waals surface area contributed by atoms with E-state index in [0.29, 0.717) is 0 Å². The first-order chi connectivity index (χ1) is 7.57. The minimum atomic E-state index is 0.0288. The van der Waals surface area contributed by atoms with Gasteiger partial charge in [0.1, 0.15) is 6.10 Å². The van der Waals surface area contributed by atoms with E-state index >= 15 is 0 Å². The van der Waals surface area contributed by atoms with Gasteiger partial charge in [-0.1, -0.05) is 60.3 Å². The van der Waals surface area contributed by atoms with Gasteiger partial charge >= 0.3 is 0 Å². The van der Waals surface area contributed by atoms with Crippen molar-refractivity contribution in [1.29, 1.82) is 0 Å². The Hall–Kier alpha value is -0.820. The molecule has 0 spiro atoms. The molecule has 0 heterocycles. The van der Waals surface area contributed by atoms with E-state index in [0.717, 1.165) is 5.57 Å². The molecule has 1 aliphatic rings. The third-order valence-corrected chi connectivity index (χ3v) is 3.24. The summed E-state index contributed by atoms with van der Waals surface area (Å²) in [5.41, 5.74) is 3.97. The minimum absolute atomic E-state index is 0.0288. The molecule has 0 radical (unpaired) electrons. The quantitative estimate of drug-likeness (QED) is 0.648. The average molecular weight is 234 g/mol. The molecule has 0 fully saturated rings. The number of allylic oxidation sites excluding steroid dienone is 2. The van der Waals surface area contributed by atoms with E-state index in [1.807, 2.05) is 0 Å². The first kappa shape index (κ1) is 14.2. The van der Waals surface area contributed by atoms with Gasteiger partial charge in [0.2, 0.25) is 0 Å². The molecular weight excluding hydrogens is 208 g/mol. The van der Waals surface area contributed by atoms with Crippen LogP contribution in [0.4, 0.5) is 0 Å². The maximum absolute atomic E-state index is 5.59. The number of hydrogen-bond acceptors (Lipinski definition) is 1. The number of rotatable bonds is 1. The molecule has 0 bridgehead atoms. The number of methoxy groups -OCH3 is 1. The van der Waals surface area contributed by atoms with Crippen LogP contribution in [-0.2, 0) is 4.74 Å². The fraction of sp³-hybridized carbons (Fsp3) is 0.625. The fourth-order valence-electron chi connectivity index (χ4n) is 2.08. The van der Waals surface area contributed by atoms with Gasteiger partial charge in [0, 0.05) is 7.11 Å². The number of hydrogen-bond donors (Lipinski definition) is 0. The van der Waals surface area contributed by atoms with Crippen LogP contribution in [0.15, 0.2) is 35.5 Å². The van der Waals surface area contributed by atoms with Crippen molar-refractivity contribution in [3.05, 3.63) is 35.5 Å². The first-order valence-electron chi connectivity index (χ1n) is 6.23. The molecule has 1 heteroatoms. The smallest absolute Gasteiger partial charge is 0.103 e. The van der Waals surface area contributed by atoms with Gasteiger partial charge in [-0.3, -0.25) is 0 Å². The van der Waals surface area contributed by atoms with Crippen LogP contribution in [0, 0.1) is 10.8 Å². The molecule has 96 valence electrons. The molecule has 0 aliphatic heterocycles. The monoisotopic (exact) mass is 234 g/mol. The standard InChI is InChI=1S/C16H26O/c1-11-9-12(15(2,3)4)10-13(14(11)17-8)16(5,6)7/h9-10,14H,1H2,2-8H3. The third kappa shape index (κ3) is 3.10. The highest BCUT2D eigenvalue weighted by molar-refractivity contribution is 5.47. The van der Waals surface area contributed by atoms with Crippen molar-refractivity contribution < 1.29 is 4.74 Å². The summed E-state index contributed by atoms with van der Waals surface area (Å²) >= 11 is 0. The molecule has 0 aromatic carbocycles. The highest BCUT2D eigenvalue weighted by atomic mass is 16.5. The molecular formula is C16H26O. The van der Waals surface area contributed by atoms with Crippen molar-refractivity contribution in [3.8, 4) is 0 Å². The Morgan fingerprint density at radius 2 is 1.53 bits per heavy atom. The zero-order valence-electron chi connectivity index (χ0n) is 12.3. The van der Waals surface area contributed by atoms with E-state index in [1.165, 1.54) is 11.1 Å². The van der Waals surface area contributed by atoms with Crippen LogP contribution in [0.25, 0.3) is 0 Å². The molecule has 0 amide bonds. The Labute approximate surface area is 106 Å². The summed E-state index contributed by atoms with van der Waals surface area (Å²) < 4.78 is 5.59. The van der Waals surface area contributed by atoms with Gasteiger partial charge < -0.3 is 4.74 Å². The van der Waals surface area contributed by atoms with Crippen LogP contribution in [0.2, 0.25) is 0 Å². The summed E-state index contributed by atoms with van der Waals surface area (Å²) in [7, 11) is 1.76. The van der Waals surface area contributed by atoms with Crippen LogP contribution < -0.4 is 0 Å². The lowest BCUT2D eigenvalue weighted by Crippen LogP contribution is -2.29. The third-order valence-electron chi connectivity index (χ3n) is 3.24. The Kier molecular flexibility index (Phi) is 3.73. The predicted molar refractivity (Wildman–Crippen MR) is 75.0 cm³/mol. The fourth-order valence-corrected chi connectivity index (χ4v) is 2.08. The molecule has 1 rings (SSSR count). The van der Waals surface area contributed by atoms with E-state index < -0.39 is 0 Å². The molecule has 1 unspecified atom stereocenters. The lowest BCUT2D eigenvalue weighted by molar-refractivity contribution is 0.143. The highest BCUT2D eigenvalue weighted by Gasteiger charge is 2.31. The Morgan fingerprint density at radius 1 is 1.00 bits per heavy atom.